The van der Waals surface area contributed by atoms with Gasteiger partial charge in [-0.25, -0.2) is 0 Å². The Morgan fingerprint density at radius 2 is 1.61 bits per heavy atom. The molecule has 3 aromatic carbocycles. The molecule has 142 valence electrons. The van der Waals surface area contributed by atoms with E-state index in [1.807, 2.05) is 67.6 Å². The summed E-state index contributed by atoms with van der Waals surface area (Å²) in [6.45, 7) is 3.64. The molecule has 5 heteroatoms. The molecule has 2 amide bonds. The number of carbonyl (C=O) groups is 2. The zero-order valence-electron chi connectivity index (χ0n) is 15.9. The van der Waals surface area contributed by atoms with Crippen molar-refractivity contribution >= 4 is 23.2 Å². The molecule has 0 fully saturated rings. The summed E-state index contributed by atoms with van der Waals surface area (Å²) in [6.07, 6.45) is 0. The molecule has 0 radical (unpaired) electrons. The number of ether oxygens (including phenoxy) is 1. The van der Waals surface area contributed by atoms with E-state index in [9.17, 15) is 9.59 Å². The summed E-state index contributed by atoms with van der Waals surface area (Å²) < 4.78 is 5.78. The third kappa shape index (κ3) is 4.98. The molecule has 5 nitrogen and oxygen atoms in total. The van der Waals surface area contributed by atoms with Gasteiger partial charge in [-0.15, -0.1) is 0 Å². The predicted octanol–water partition coefficient (Wildman–Crippen LogP) is 4.78. The molecule has 0 heterocycles. The van der Waals surface area contributed by atoms with E-state index >= 15 is 0 Å². The molecule has 0 unspecified atom stereocenters. The van der Waals surface area contributed by atoms with E-state index in [1.54, 1.807) is 12.1 Å². The Balaban J connectivity index is 1.75. The molecule has 0 aliphatic carbocycles. The molecule has 2 N–H and O–H groups in total. The van der Waals surface area contributed by atoms with Gasteiger partial charge in [0.15, 0.2) is 0 Å². The minimum absolute atomic E-state index is 0.157. The highest BCUT2D eigenvalue weighted by Crippen LogP contribution is 2.22. The Morgan fingerprint density at radius 3 is 2.36 bits per heavy atom. The third-order valence-corrected chi connectivity index (χ3v) is 4.21. The van der Waals surface area contributed by atoms with Crippen molar-refractivity contribution in [3.05, 3.63) is 89.5 Å². The first kappa shape index (κ1) is 19.2. The fourth-order valence-corrected chi connectivity index (χ4v) is 2.77. The number of benzene rings is 3. The molecule has 0 spiro atoms. The molecule has 3 aromatic rings. The van der Waals surface area contributed by atoms with Crippen molar-refractivity contribution < 1.29 is 14.3 Å². The molecule has 0 atom stereocenters. The standard InChI is InChI=1S/C23H22N2O3/c1-16-12-13-19(14-22(16)24-17(2)26)25-23(27)21-11-7-6-8-18(21)15-28-20-9-4-3-5-10-20/h3-14H,15H2,1-2H3,(H,24,26)(H,25,27). The summed E-state index contributed by atoms with van der Waals surface area (Å²) in [4.78, 5) is 24.2. The molecule has 0 aromatic heterocycles. The van der Waals surface area contributed by atoms with Gasteiger partial charge in [-0.2, -0.15) is 0 Å². The normalized spacial score (nSPS) is 10.2. The minimum atomic E-state index is -0.232. The zero-order valence-corrected chi connectivity index (χ0v) is 15.9. The number of nitrogens with one attached hydrogen (secondary N) is 2. The smallest absolute Gasteiger partial charge is 0.256 e. The number of rotatable bonds is 6. The SMILES string of the molecule is CC(=O)Nc1cc(NC(=O)c2ccccc2COc2ccccc2)ccc1C. The van der Waals surface area contributed by atoms with Crippen LogP contribution in [-0.2, 0) is 11.4 Å². The molecule has 3 rings (SSSR count). The second kappa shape index (κ2) is 8.86. The van der Waals surface area contributed by atoms with Crippen LogP contribution in [0.25, 0.3) is 0 Å². The molecule has 0 bridgehead atoms. The Hall–Kier alpha value is -3.60. The quantitative estimate of drug-likeness (QED) is 0.652. The van der Waals surface area contributed by atoms with Crippen molar-refractivity contribution in [1.82, 2.24) is 0 Å². The van der Waals surface area contributed by atoms with Crippen molar-refractivity contribution in [3.63, 3.8) is 0 Å². The summed E-state index contributed by atoms with van der Waals surface area (Å²) in [5.41, 5.74) is 3.53. The number of hydrogen-bond donors (Lipinski definition) is 2. The summed E-state index contributed by atoms with van der Waals surface area (Å²) in [5, 5.41) is 5.66. The van der Waals surface area contributed by atoms with E-state index in [-0.39, 0.29) is 11.8 Å². The fourth-order valence-electron chi connectivity index (χ4n) is 2.77. The highest BCUT2D eigenvalue weighted by molar-refractivity contribution is 6.05. The van der Waals surface area contributed by atoms with Gasteiger partial charge >= 0.3 is 0 Å². The average Bonchev–Trinajstić information content (AvgIpc) is 2.69. The molecular formula is C23H22N2O3. The molecule has 0 saturated carbocycles. The first-order chi connectivity index (χ1) is 13.5. The van der Waals surface area contributed by atoms with Gasteiger partial charge in [0.05, 0.1) is 0 Å². The van der Waals surface area contributed by atoms with Crippen LogP contribution in [0, 0.1) is 6.92 Å². The summed E-state index contributed by atoms with van der Waals surface area (Å²) in [7, 11) is 0. The van der Waals surface area contributed by atoms with Gasteiger partial charge in [-0.3, -0.25) is 9.59 Å². The topological polar surface area (TPSA) is 67.4 Å². The summed E-state index contributed by atoms with van der Waals surface area (Å²) >= 11 is 0. The summed E-state index contributed by atoms with van der Waals surface area (Å²) in [5.74, 6) is 0.357. The van der Waals surface area contributed by atoms with Crippen LogP contribution in [-0.4, -0.2) is 11.8 Å². The Morgan fingerprint density at radius 1 is 0.893 bits per heavy atom. The first-order valence-corrected chi connectivity index (χ1v) is 8.98. The summed E-state index contributed by atoms with van der Waals surface area (Å²) in [6, 6.07) is 22.2. The van der Waals surface area contributed by atoms with E-state index in [4.69, 9.17) is 4.74 Å². The number of aryl methyl sites for hydroxylation is 1. The van der Waals surface area contributed by atoms with Crippen LogP contribution in [0.1, 0.15) is 28.4 Å². The van der Waals surface area contributed by atoms with Crippen LogP contribution in [0.15, 0.2) is 72.8 Å². The maximum Gasteiger partial charge on any atom is 0.256 e. The van der Waals surface area contributed by atoms with Crippen LogP contribution in [0.5, 0.6) is 5.75 Å². The predicted molar refractivity (Wildman–Crippen MR) is 111 cm³/mol. The number of carbonyl (C=O) groups excluding carboxylic acids is 2. The lowest BCUT2D eigenvalue weighted by atomic mass is 10.1. The lowest BCUT2D eigenvalue weighted by Gasteiger charge is -2.13. The van der Waals surface area contributed by atoms with E-state index in [0.717, 1.165) is 16.9 Å². The van der Waals surface area contributed by atoms with E-state index < -0.39 is 0 Å². The lowest BCUT2D eigenvalue weighted by molar-refractivity contribution is -0.114. The monoisotopic (exact) mass is 374 g/mol. The second-order valence-electron chi connectivity index (χ2n) is 6.42. The minimum Gasteiger partial charge on any atom is -0.489 e. The van der Waals surface area contributed by atoms with Crippen LogP contribution >= 0.6 is 0 Å². The lowest BCUT2D eigenvalue weighted by Crippen LogP contribution is -2.15. The van der Waals surface area contributed by atoms with Gasteiger partial charge in [0, 0.05) is 29.4 Å². The third-order valence-electron chi connectivity index (χ3n) is 4.21. The second-order valence-corrected chi connectivity index (χ2v) is 6.42. The number of amides is 2. The maximum atomic E-state index is 12.8. The van der Waals surface area contributed by atoms with Crippen LogP contribution in [0.2, 0.25) is 0 Å². The van der Waals surface area contributed by atoms with Crippen molar-refractivity contribution in [2.45, 2.75) is 20.5 Å². The molecule has 0 aliphatic rings. The number of anilines is 2. The highest BCUT2D eigenvalue weighted by atomic mass is 16.5. The van der Waals surface area contributed by atoms with Gasteiger partial charge in [0.25, 0.3) is 5.91 Å². The van der Waals surface area contributed by atoms with E-state index in [2.05, 4.69) is 10.6 Å². The maximum absolute atomic E-state index is 12.8. The van der Waals surface area contributed by atoms with E-state index in [0.29, 0.717) is 23.5 Å². The molecule has 28 heavy (non-hydrogen) atoms. The van der Waals surface area contributed by atoms with Crippen molar-refractivity contribution in [1.29, 1.82) is 0 Å². The van der Waals surface area contributed by atoms with Gasteiger partial charge in [-0.1, -0.05) is 42.5 Å². The first-order valence-electron chi connectivity index (χ1n) is 8.98. The zero-order chi connectivity index (χ0) is 19.9. The van der Waals surface area contributed by atoms with Gasteiger partial charge in [0.1, 0.15) is 12.4 Å². The number of hydrogen-bond acceptors (Lipinski definition) is 3. The molecular weight excluding hydrogens is 352 g/mol. The van der Waals surface area contributed by atoms with Crippen molar-refractivity contribution in [3.8, 4) is 5.75 Å². The van der Waals surface area contributed by atoms with Gasteiger partial charge in [-0.05, 0) is 42.8 Å². The Labute approximate surface area is 164 Å². The van der Waals surface area contributed by atoms with Crippen LogP contribution < -0.4 is 15.4 Å². The van der Waals surface area contributed by atoms with Crippen LogP contribution in [0.3, 0.4) is 0 Å². The Bertz CT molecular complexity index is 984. The molecule has 0 saturated heterocycles. The largest absolute Gasteiger partial charge is 0.489 e. The van der Waals surface area contributed by atoms with E-state index in [1.165, 1.54) is 6.92 Å². The van der Waals surface area contributed by atoms with Crippen molar-refractivity contribution in [2.24, 2.45) is 0 Å². The van der Waals surface area contributed by atoms with Crippen molar-refractivity contribution in [2.75, 3.05) is 10.6 Å². The number of para-hydroxylation sites is 1. The molecule has 0 aliphatic heterocycles. The van der Waals surface area contributed by atoms with Crippen LogP contribution in [0.4, 0.5) is 11.4 Å². The average molecular weight is 374 g/mol. The van der Waals surface area contributed by atoms with Gasteiger partial charge in [0.2, 0.25) is 5.91 Å². The highest BCUT2D eigenvalue weighted by Gasteiger charge is 2.13. The fraction of sp³-hybridized carbons (Fsp3) is 0.130. The van der Waals surface area contributed by atoms with Gasteiger partial charge < -0.3 is 15.4 Å². The Kier molecular flexibility index (Phi) is 6.07.